The maximum atomic E-state index is 14.4. The molecule has 2 aliphatic rings. The summed E-state index contributed by atoms with van der Waals surface area (Å²) in [6, 6.07) is 16.7. The van der Waals surface area contributed by atoms with E-state index in [2.05, 4.69) is 20.7 Å². The Morgan fingerprint density at radius 2 is 1.42 bits per heavy atom. The third kappa shape index (κ3) is 7.05. The number of esters is 2. The number of aliphatic hydroxyl groups is 3. The summed E-state index contributed by atoms with van der Waals surface area (Å²) in [5.74, 6) is -1.22. The van der Waals surface area contributed by atoms with Gasteiger partial charge in [0, 0.05) is 0 Å². The number of hydrogen-bond donors (Lipinski definition) is 3. The van der Waals surface area contributed by atoms with Crippen LogP contribution in [0.2, 0.25) is 0 Å². The zero-order chi connectivity index (χ0) is 26.2. The third-order valence-electron chi connectivity index (χ3n) is 5.35. The second-order valence-corrected chi connectivity index (χ2v) is 8.76. The summed E-state index contributed by atoms with van der Waals surface area (Å²) in [6.07, 6.45) is -9.50. The van der Waals surface area contributed by atoms with E-state index >= 15 is 0 Å². The van der Waals surface area contributed by atoms with Crippen molar-refractivity contribution >= 4 is 27.9 Å². The van der Waals surface area contributed by atoms with Gasteiger partial charge in [0.1, 0.15) is 29.9 Å². The fourth-order valence-corrected chi connectivity index (χ4v) is 3.97. The van der Waals surface area contributed by atoms with Gasteiger partial charge in [-0.15, -0.1) is 0 Å². The lowest BCUT2D eigenvalue weighted by atomic mass is 10.1. The molecule has 0 bridgehead atoms. The summed E-state index contributed by atoms with van der Waals surface area (Å²) in [5, 5.41) is 24.9. The number of ether oxygens (including phenoxy) is 4. The highest BCUT2D eigenvalue weighted by Crippen LogP contribution is 2.31. The van der Waals surface area contributed by atoms with Gasteiger partial charge < -0.3 is 34.3 Å². The standard InChI is InChI=1S/C19H16BrFO5.C5H9FO4/c20-17-15(21)16(26-19(23)13-9-5-2-6-10-13)14(25-17)11-24-18(22)12-7-3-1-4-8-12;6-3-4(8)2(1-7)10-5(3)9/h1-10,14-17H,11H2;2-5,7-9H,1H2/t14-,15+,16-,17+;2-,3+,4-,5?/m11/s1. The van der Waals surface area contributed by atoms with E-state index in [1.54, 1.807) is 60.7 Å². The molecule has 36 heavy (non-hydrogen) atoms. The average Bonchev–Trinajstić information content (AvgIpc) is 3.32. The average molecular weight is 575 g/mol. The number of halogens is 3. The van der Waals surface area contributed by atoms with Gasteiger partial charge in [0.05, 0.1) is 17.7 Å². The van der Waals surface area contributed by atoms with Gasteiger partial charge in [-0.1, -0.05) is 52.3 Å². The van der Waals surface area contributed by atoms with Gasteiger partial charge in [-0.25, -0.2) is 18.4 Å². The van der Waals surface area contributed by atoms with Crippen LogP contribution in [0.15, 0.2) is 60.7 Å². The summed E-state index contributed by atoms with van der Waals surface area (Å²) in [4.78, 5) is 24.2. The Morgan fingerprint density at radius 1 is 0.861 bits per heavy atom. The third-order valence-corrected chi connectivity index (χ3v) is 6.07. The SMILES string of the molecule is O=C(OC[C@H]1O[C@H](Br)[C@@H](F)[C@@H]1OC(=O)c1ccccc1)c1ccccc1.OC[C@H]1OC(O)[C@@H](F)[C@@H]1O. The van der Waals surface area contributed by atoms with Gasteiger partial charge >= 0.3 is 11.9 Å². The molecule has 9 nitrogen and oxygen atoms in total. The van der Waals surface area contributed by atoms with E-state index in [0.717, 1.165) is 0 Å². The van der Waals surface area contributed by atoms with Gasteiger partial charge in [0.15, 0.2) is 24.7 Å². The molecule has 0 spiro atoms. The topological polar surface area (TPSA) is 132 Å². The van der Waals surface area contributed by atoms with Crippen LogP contribution in [0, 0.1) is 0 Å². The molecule has 0 radical (unpaired) electrons. The lowest BCUT2D eigenvalue weighted by Crippen LogP contribution is -2.37. The van der Waals surface area contributed by atoms with Gasteiger partial charge in [-0.3, -0.25) is 0 Å². The Kier molecular flexibility index (Phi) is 10.3. The summed E-state index contributed by atoms with van der Waals surface area (Å²) in [5.41, 5.74) is 0.674. The zero-order valence-electron chi connectivity index (χ0n) is 18.7. The van der Waals surface area contributed by atoms with E-state index in [1.165, 1.54) is 0 Å². The van der Waals surface area contributed by atoms with E-state index in [0.29, 0.717) is 11.1 Å². The molecular formula is C24H25BrF2O9. The van der Waals surface area contributed by atoms with E-state index in [-0.39, 0.29) is 6.61 Å². The number of rotatable bonds is 6. The molecule has 2 aromatic carbocycles. The number of aliphatic hydroxyl groups excluding tert-OH is 3. The van der Waals surface area contributed by atoms with E-state index in [4.69, 9.17) is 29.5 Å². The van der Waals surface area contributed by atoms with E-state index in [9.17, 15) is 18.4 Å². The van der Waals surface area contributed by atoms with Crippen molar-refractivity contribution in [3.63, 3.8) is 0 Å². The molecule has 2 fully saturated rings. The van der Waals surface area contributed by atoms with Gasteiger partial charge in [0.2, 0.25) is 0 Å². The normalized spacial score (nSPS) is 31.3. The quantitative estimate of drug-likeness (QED) is 0.349. The lowest BCUT2D eigenvalue weighted by molar-refractivity contribution is -0.121. The van der Waals surface area contributed by atoms with Crippen LogP contribution in [0.25, 0.3) is 0 Å². The molecule has 4 rings (SSSR count). The fourth-order valence-electron chi connectivity index (χ4n) is 3.39. The minimum Gasteiger partial charge on any atom is -0.459 e. The summed E-state index contributed by atoms with van der Waals surface area (Å²) >= 11 is 3.05. The number of benzene rings is 2. The van der Waals surface area contributed by atoms with Crippen molar-refractivity contribution in [3.05, 3.63) is 71.8 Å². The number of carbonyl (C=O) groups is 2. The van der Waals surface area contributed by atoms with E-state index in [1.807, 2.05) is 0 Å². The van der Waals surface area contributed by atoms with Gasteiger partial charge in [-0.05, 0) is 24.3 Å². The number of alkyl halides is 3. The Morgan fingerprint density at radius 3 is 1.89 bits per heavy atom. The van der Waals surface area contributed by atoms with Crippen molar-refractivity contribution in [2.24, 2.45) is 0 Å². The minimum absolute atomic E-state index is 0.233. The first-order chi connectivity index (χ1) is 17.2. The first kappa shape index (κ1) is 28.1. The van der Waals surface area contributed by atoms with Crippen molar-refractivity contribution in [1.29, 1.82) is 0 Å². The fraction of sp³-hybridized carbons (Fsp3) is 0.417. The molecule has 0 saturated carbocycles. The molecule has 0 aliphatic carbocycles. The summed E-state index contributed by atoms with van der Waals surface area (Å²) in [6.45, 7) is -0.721. The lowest BCUT2D eigenvalue weighted by Gasteiger charge is -2.19. The Hall–Kier alpha value is -2.48. The van der Waals surface area contributed by atoms with Crippen LogP contribution in [-0.2, 0) is 18.9 Å². The maximum Gasteiger partial charge on any atom is 0.338 e. The van der Waals surface area contributed by atoms with Crippen LogP contribution in [0.5, 0.6) is 0 Å². The highest BCUT2D eigenvalue weighted by molar-refractivity contribution is 9.09. The van der Waals surface area contributed by atoms with Crippen molar-refractivity contribution < 1.29 is 52.6 Å². The molecule has 12 heteroatoms. The molecule has 2 saturated heterocycles. The predicted octanol–water partition coefficient (Wildman–Crippen LogP) is 1.92. The second-order valence-electron chi connectivity index (χ2n) is 7.85. The predicted molar refractivity (Wildman–Crippen MR) is 124 cm³/mol. The Labute approximate surface area is 213 Å². The first-order valence-electron chi connectivity index (χ1n) is 10.9. The Balaban J connectivity index is 0.000000303. The molecule has 3 N–H and O–H groups in total. The molecule has 196 valence electrons. The molecule has 2 aromatic rings. The molecule has 0 aromatic heterocycles. The highest BCUT2D eigenvalue weighted by atomic mass is 79.9. The molecule has 2 aliphatic heterocycles. The van der Waals surface area contributed by atoms with Gasteiger partial charge in [-0.2, -0.15) is 0 Å². The van der Waals surface area contributed by atoms with Crippen LogP contribution in [0.3, 0.4) is 0 Å². The second kappa shape index (κ2) is 13.2. The Bertz CT molecular complexity index is 984. The number of carbonyl (C=O) groups excluding carboxylic acids is 2. The zero-order valence-corrected chi connectivity index (χ0v) is 20.3. The molecular weight excluding hydrogens is 550 g/mol. The maximum absolute atomic E-state index is 14.4. The monoisotopic (exact) mass is 574 g/mol. The molecule has 8 atom stereocenters. The van der Waals surface area contributed by atoms with Crippen molar-refractivity contribution in [1.82, 2.24) is 0 Å². The smallest absolute Gasteiger partial charge is 0.338 e. The summed E-state index contributed by atoms with van der Waals surface area (Å²) < 4.78 is 47.0. The van der Waals surface area contributed by atoms with Crippen molar-refractivity contribution in [2.75, 3.05) is 13.2 Å². The number of hydrogen-bond acceptors (Lipinski definition) is 9. The molecule has 1 unspecified atom stereocenters. The van der Waals surface area contributed by atoms with Crippen molar-refractivity contribution in [2.45, 2.75) is 48.1 Å². The van der Waals surface area contributed by atoms with Gasteiger partial charge in [0.25, 0.3) is 0 Å². The minimum atomic E-state index is -1.81. The largest absolute Gasteiger partial charge is 0.459 e. The summed E-state index contributed by atoms with van der Waals surface area (Å²) in [7, 11) is 0. The molecule has 2 heterocycles. The van der Waals surface area contributed by atoms with Crippen LogP contribution in [-0.4, -0.2) is 88.5 Å². The first-order valence-corrected chi connectivity index (χ1v) is 11.8. The van der Waals surface area contributed by atoms with Crippen LogP contribution in [0.4, 0.5) is 8.78 Å². The van der Waals surface area contributed by atoms with Crippen LogP contribution < -0.4 is 0 Å². The van der Waals surface area contributed by atoms with Crippen molar-refractivity contribution in [3.8, 4) is 0 Å². The molecule has 0 amide bonds. The van der Waals surface area contributed by atoms with Crippen LogP contribution >= 0.6 is 15.9 Å². The highest BCUT2D eigenvalue weighted by Gasteiger charge is 2.47. The van der Waals surface area contributed by atoms with Crippen LogP contribution in [0.1, 0.15) is 20.7 Å². The van der Waals surface area contributed by atoms with E-state index < -0.39 is 66.6 Å².